The molecule has 0 aliphatic carbocycles. The van der Waals surface area contributed by atoms with Gasteiger partial charge in [-0.3, -0.25) is 0 Å². The Balaban J connectivity index is 4.40. The van der Waals surface area contributed by atoms with Gasteiger partial charge in [0.05, 0.1) is 0 Å². The van der Waals surface area contributed by atoms with Gasteiger partial charge in [-0.05, 0) is 0 Å². The van der Waals surface area contributed by atoms with Crippen molar-refractivity contribution in [1.29, 1.82) is 0 Å². The second kappa shape index (κ2) is 16.2. The molecule has 0 saturated heterocycles. The zero-order valence-electron chi connectivity index (χ0n) is 15.4. The topological polar surface area (TPSA) is 29.5 Å². The molecular weight excluding hydrogens is 379 g/mol. The molecule has 0 aliphatic heterocycles. The van der Waals surface area contributed by atoms with Gasteiger partial charge in [0.15, 0.2) is 0 Å². The third-order valence-corrected chi connectivity index (χ3v) is 19.8. The van der Waals surface area contributed by atoms with E-state index in [-0.39, 0.29) is 6.61 Å². The predicted octanol–water partition coefficient (Wildman–Crippen LogP) is 6.14. The molecule has 0 bridgehead atoms. The molecule has 0 heterocycles. The van der Waals surface area contributed by atoms with Crippen LogP contribution in [-0.2, 0) is 4.74 Å². The van der Waals surface area contributed by atoms with E-state index in [0.29, 0.717) is 0 Å². The van der Waals surface area contributed by atoms with Gasteiger partial charge in [0, 0.05) is 0 Å². The number of allylic oxidation sites excluding steroid dienone is 1. The molecule has 0 saturated carbocycles. The van der Waals surface area contributed by atoms with Crippen molar-refractivity contribution in [2.24, 2.45) is 0 Å². The summed E-state index contributed by atoms with van der Waals surface area (Å²) in [6.07, 6.45) is 14.5. The van der Waals surface area contributed by atoms with Crippen molar-refractivity contribution in [1.82, 2.24) is 0 Å². The van der Waals surface area contributed by atoms with E-state index in [1.54, 1.807) is 13.3 Å². The molecule has 0 aliphatic rings. The van der Waals surface area contributed by atoms with Crippen LogP contribution in [0.2, 0.25) is 17.7 Å². The summed E-state index contributed by atoms with van der Waals surface area (Å²) in [5.41, 5.74) is 0. The van der Waals surface area contributed by atoms with Crippen LogP contribution in [0.3, 0.4) is 0 Å². The number of hydrogen-bond acceptors (Lipinski definition) is 2. The van der Waals surface area contributed by atoms with E-state index in [2.05, 4.69) is 26.8 Å². The average molecular weight is 419 g/mol. The molecule has 22 heavy (non-hydrogen) atoms. The number of hydrogen-bond donors (Lipinski definition) is 1. The molecule has 132 valence electrons. The maximum absolute atomic E-state index is 8.76. The Labute approximate surface area is 143 Å². The van der Waals surface area contributed by atoms with Gasteiger partial charge in [0.2, 0.25) is 0 Å². The maximum atomic E-state index is 8.76. The van der Waals surface area contributed by atoms with Crippen LogP contribution in [0.5, 0.6) is 0 Å². The van der Waals surface area contributed by atoms with Crippen molar-refractivity contribution in [2.45, 2.75) is 89.9 Å². The summed E-state index contributed by atoms with van der Waals surface area (Å²) in [5.74, 6) is 0. The van der Waals surface area contributed by atoms with Crippen molar-refractivity contribution in [3.63, 3.8) is 0 Å². The Bertz CT molecular complexity index is 232. The van der Waals surface area contributed by atoms with E-state index in [1.165, 1.54) is 43.0 Å². The Morgan fingerprint density at radius 3 is 1.82 bits per heavy atom. The summed E-state index contributed by atoms with van der Waals surface area (Å²) < 4.78 is 11.7. The first-order chi connectivity index (χ1) is 10.7. The first kappa shape index (κ1) is 22.3. The fourth-order valence-electron chi connectivity index (χ4n) is 3.07. The van der Waals surface area contributed by atoms with E-state index >= 15 is 0 Å². The summed E-state index contributed by atoms with van der Waals surface area (Å²) in [7, 11) is 0. The van der Waals surface area contributed by atoms with E-state index in [4.69, 9.17) is 9.84 Å². The predicted molar refractivity (Wildman–Crippen MR) is 101 cm³/mol. The van der Waals surface area contributed by atoms with Crippen LogP contribution in [-0.4, -0.2) is 36.7 Å². The zero-order valence-corrected chi connectivity index (χ0v) is 18.3. The Kier molecular flexibility index (Phi) is 16.4. The molecule has 0 rings (SSSR count). The second-order valence-electron chi connectivity index (χ2n) is 6.69. The van der Waals surface area contributed by atoms with E-state index in [1.807, 2.05) is 6.26 Å². The van der Waals surface area contributed by atoms with Crippen molar-refractivity contribution in [3.05, 3.63) is 12.3 Å². The molecular formula is C19H40O2Sn. The van der Waals surface area contributed by atoms with E-state index in [0.717, 1.165) is 19.4 Å². The van der Waals surface area contributed by atoms with Crippen LogP contribution in [0.4, 0.5) is 0 Å². The SMILES string of the molecule is CCC[CH2][Sn]([CH2]/C=C/OCCCCO)([CH2]CCC)[CH2]CCC. The molecule has 0 unspecified atom stereocenters. The zero-order chi connectivity index (χ0) is 16.5. The molecule has 1 N–H and O–H groups in total. The molecule has 0 aromatic rings. The third-order valence-electron chi connectivity index (χ3n) is 4.60. The second-order valence-corrected chi connectivity index (χ2v) is 20.7. The third kappa shape index (κ3) is 11.8. The van der Waals surface area contributed by atoms with Crippen molar-refractivity contribution >= 4 is 18.4 Å². The average Bonchev–Trinajstić information content (AvgIpc) is 2.55. The van der Waals surface area contributed by atoms with Crippen molar-refractivity contribution in [2.75, 3.05) is 13.2 Å². The van der Waals surface area contributed by atoms with E-state index in [9.17, 15) is 0 Å². The van der Waals surface area contributed by atoms with Gasteiger partial charge in [0.25, 0.3) is 0 Å². The van der Waals surface area contributed by atoms with Gasteiger partial charge in [-0.1, -0.05) is 0 Å². The van der Waals surface area contributed by atoms with Gasteiger partial charge < -0.3 is 0 Å². The molecule has 0 spiro atoms. The van der Waals surface area contributed by atoms with Crippen LogP contribution in [0.15, 0.2) is 12.3 Å². The van der Waals surface area contributed by atoms with Gasteiger partial charge in [-0.25, -0.2) is 0 Å². The molecule has 0 radical (unpaired) electrons. The van der Waals surface area contributed by atoms with Gasteiger partial charge in [0.1, 0.15) is 0 Å². The molecule has 0 amide bonds. The molecule has 0 atom stereocenters. The van der Waals surface area contributed by atoms with Crippen LogP contribution in [0, 0.1) is 0 Å². The normalized spacial score (nSPS) is 12.2. The van der Waals surface area contributed by atoms with Crippen molar-refractivity contribution in [3.8, 4) is 0 Å². The Morgan fingerprint density at radius 1 is 0.818 bits per heavy atom. The van der Waals surface area contributed by atoms with Crippen LogP contribution < -0.4 is 0 Å². The summed E-state index contributed by atoms with van der Waals surface area (Å²) >= 11 is -1.98. The van der Waals surface area contributed by atoms with Crippen molar-refractivity contribution < 1.29 is 9.84 Å². The summed E-state index contributed by atoms with van der Waals surface area (Å²) in [4.78, 5) is 0. The quantitative estimate of drug-likeness (QED) is 0.185. The molecule has 0 aromatic carbocycles. The number of ether oxygens (including phenoxy) is 1. The summed E-state index contributed by atoms with van der Waals surface area (Å²) in [6, 6.07) is 0. The fourth-order valence-corrected chi connectivity index (χ4v) is 18.1. The van der Waals surface area contributed by atoms with Crippen LogP contribution in [0.1, 0.15) is 72.1 Å². The van der Waals surface area contributed by atoms with Gasteiger partial charge in [-0.2, -0.15) is 0 Å². The molecule has 2 nitrogen and oxygen atoms in total. The fraction of sp³-hybridized carbons (Fsp3) is 0.895. The monoisotopic (exact) mass is 420 g/mol. The molecule has 0 fully saturated rings. The standard InChI is InChI=1S/C7H13O2.3C4H9.Sn/c1-2-6-9-7-4-3-5-8;3*1-3-4-2;/h2,6,8H,1,3-5,7H2;3*1,3-4H2,2H3;/b6-2+;;;;. The van der Waals surface area contributed by atoms with Gasteiger partial charge >= 0.3 is 144 Å². The van der Waals surface area contributed by atoms with E-state index < -0.39 is 18.4 Å². The summed E-state index contributed by atoms with van der Waals surface area (Å²) in [6.45, 7) is 8.01. The molecule has 0 aromatic heterocycles. The first-order valence-electron chi connectivity index (χ1n) is 9.62. The number of aliphatic hydroxyl groups is 1. The number of rotatable bonds is 16. The minimum absolute atomic E-state index is 0.275. The van der Waals surface area contributed by atoms with Gasteiger partial charge in [-0.15, -0.1) is 0 Å². The summed E-state index contributed by atoms with van der Waals surface area (Å²) in [5, 5.41) is 8.76. The Hall–Kier alpha value is 0.299. The Morgan fingerprint density at radius 2 is 1.36 bits per heavy atom. The minimum atomic E-state index is -1.98. The van der Waals surface area contributed by atoms with Crippen LogP contribution in [0.25, 0.3) is 0 Å². The number of aliphatic hydroxyl groups excluding tert-OH is 1. The first-order valence-corrected chi connectivity index (χ1v) is 17.7. The molecule has 3 heteroatoms. The van der Waals surface area contributed by atoms with Crippen LogP contribution >= 0.6 is 0 Å². The number of unbranched alkanes of at least 4 members (excludes halogenated alkanes) is 4.